The molecular formula is C10H23NO3S. The van der Waals surface area contributed by atoms with Gasteiger partial charge in [-0.15, -0.1) is 0 Å². The van der Waals surface area contributed by atoms with Gasteiger partial charge in [0, 0.05) is 6.61 Å². The van der Waals surface area contributed by atoms with Crippen LogP contribution in [0.25, 0.3) is 0 Å². The zero-order chi connectivity index (χ0) is 11.7. The van der Waals surface area contributed by atoms with Gasteiger partial charge in [0.05, 0.1) is 12.4 Å². The topological polar surface area (TPSA) is 69.4 Å². The zero-order valence-corrected chi connectivity index (χ0v) is 10.6. The normalized spacial score (nSPS) is 14.1. The van der Waals surface area contributed by atoms with Crippen molar-refractivity contribution in [3.05, 3.63) is 0 Å². The fraction of sp³-hybridized carbons (Fsp3) is 1.00. The van der Waals surface area contributed by atoms with Crippen molar-refractivity contribution >= 4 is 10.0 Å². The van der Waals surface area contributed by atoms with E-state index in [9.17, 15) is 8.42 Å². The Bertz CT molecular complexity index is 239. The molecular weight excluding hydrogens is 214 g/mol. The predicted octanol–water partition coefficient (Wildman–Crippen LogP) is 1.51. The molecule has 0 aliphatic heterocycles. The first kappa shape index (κ1) is 14.9. The molecule has 15 heavy (non-hydrogen) atoms. The SMILES string of the molecule is CCCCCCOCC(C)CS(N)(=O)=O. The Morgan fingerprint density at radius 2 is 1.93 bits per heavy atom. The van der Waals surface area contributed by atoms with Gasteiger partial charge in [0.1, 0.15) is 0 Å². The zero-order valence-electron chi connectivity index (χ0n) is 9.74. The number of sulfonamides is 1. The lowest BCUT2D eigenvalue weighted by molar-refractivity contribution is 0.107. The van der Waals surface area contributed by atoms with Crippen LogP contribution in [0.4, 0.5) is 0 Å². The molecule has 0 fully saturated rings. The fourth-order valence-corrected chi connectivity index (χ4v) is 2.25. The number of unbranched alkanes of at least 4 members (excludes halogenated alkanes) is 3. The third-order valence-corrected chi connectivity index (χ3v) is 3.10. The summed E-state index contributed by atoms with van der Waals surface area (Å²) in [6, 6.07) is 0. The molecule has 0 aromatic heterocycles. The number of hydrogen-bond acceptors (Lipinski definition) is 3. The molecule has 4 nitrogen and oxygen atoms in total. The van der Waals surface area contributed by atoms with E-state index in [1.807, 2.05) is 6.92 Å². The highest BCUT2D eigenvalue weighted by Gasteiger charge is 2.10. The van der Waals surface area contributed by atoms with Crippen LogP contribution in [0.3, 0.4) is 0 Å². The summed E-state index contributed by atoms with van der Waals surface area (Å²) < 4.78 is 26.8. The minimum Gasteiger partial charge on any atom is -0.381 e. The summed E-state index contributed by atoms with van der Waals surface area (Å²) in [5, 5.41) is 4.92. The summed E-state index contributed by atoms with van der Waals surface area (Å²) >= 11 is 0. The van der Waals surface area contributed by atoms with Crippen molar-refractivity contribution in [2.45, 2.75) is 39.5 Å². The maximum atomic E-state index is 10.7. The third kappa shape index (κ3) is 11.8. The molecule has 0 bridgehead atoms. The van der Waals surface area contributed by atoms with E-state index >= 15 is 0 Å². The van der Waals surface area contributed by atoms with Gasteiger partial charge in [-0.05, 0) is 12.3 Å². The lowest BCUT2D eigenvalue weighted by Crippen LogP contribution is -2.24. The molecule has 0 saturated heterocycles. The molecule has 0 aliphatic rings. The summed E-state index contributed by atoms with van der Waals surface area (Å²) in [6.45, 7) is 5.18. The Morgan fingerprint density at radius 3 is 2.47 bits per heavy atom. The molecule has 2 N–H and O–H groups in total. The van der Waals surface area contributed by atoms with Crippen molar-refractivity contribution in [1.29, 1.82) is 0 Å². The maximum absolute atomic E-state index is 10.7. The maximum Gasteiger partial charge on any atom is 0.209 e. The van der Waals surface area contributed by atoms with Crippen LogP contribution in [-0.4, -0.2) is 27.4 Å². The van der Waals surface area contributed by atoms with Crippen LogP contribution in [0, 0.1) is 5.92 Å². The van der Waals surface area contributed by atoms with Crippen LogP contribution in [0.2, 0.25) is 0 Å². The van der Waals surface area contributed by atoms with E-state index in [-0.39, 0.29) is 11.7 Å². The van der Waals surface area contributed by atoms with Gasteiger partial charge in [0.2, 0.25) is 10.0 Å². The average molecular weight is 237 g/mol. The molecule has 0 heterocycles. The lowest BCUT2D eigenvalue weighted by Gasteiger charge is -2.10. The van der Waals surface area contributed by atoms with E-state index in [0.717, 1.165) is 13.0 Å². The molecule has 0 saturated carbocycles. The highest BCUT2D eigenvalue weighted by Crippen LogP contribution is 2.02. The van der Waals surface area contributed by atoms with Crippen molar-refractivity contribution in [2.24, 2.45) is 11.1 Å². The molecule has 0 aliphatic carbocycles. The second kappa shape index (κ2) is 8.07. The molecule has 0 rings (SSSR count). The summed E-state index contributed by atoms with van der Waals surface area (Å²) in [6.07, 6.45) is 4.67. The second-order valence-electron chi connectivity index (χ2n) is 4.07. The van der Waals surface area contributed by atoms with Crippen molar-refractivity contribution in [2.75, 3.05) is 19.0 Å². The number of primary sulfonamides is 1. The average Bonchev–Trinajstić information content (AvgIpc) is 2.08. The van der Waals surface area contributed by atoms with Crippen LogP contribution in [-0.2, 0) is 14.8 Å². The van der Waals surface area contributed by atoms with Crippen LogP contribution in [0.5, 0.6) is 0 Å². The fourth-order valence-electron chi connectivity index (χ4n) is 1.36. The van der Waals surface area contributed by atoms with E-state index in [1.165, 1.54) is 19.3 Å². The Hall–Kier alpha value is -0.130. The van der Waals surface area contributed by atoms with E-state index in [4.69, 9.17) is 9.88 Å². The first-order valence-corrected chi connectivity index (χ1v) is 7.25. The minimum absolute atomic E-state index is 0.00194. The molecule has 0 spiro atoms. The number of ether oxygens (including phenoxy) is 1. The molecule has 0 aromatic carbocycles. The summed E-state index contributed by atoms with van der Waals surface area (Å²) in [7, 11) is -3.35. The van der Waals surface area contributed by atoms with Gasteiger partial charge in [-0.25, -0.2) is 13.6 Å². The monoisotopic (exact) mass is 237 g/mol. The Morgan fingerprint density at radius 1 is 1.27 bits per heavy atom. The second-order valence-corrected chi connectivity index (χ2v) is 5.73. The number of nitrogens with two attached hydrogens (primary N) is 1. The van der Waals surface area contributed by atoms with Crippen LogP contribution < -0.4 is 5.14 Å². The standard InChI is InChI=1S/C10H23NO3S/c1-3-4-5-6-7-14-8-10(2)9-15(11,12)13/h10H,3-9H2,1-2H3,(H2,11,12,13). The van der Waals surface area contributed by atoms with Crippen LogP contribution in [0.15, 0.2) is 0 Å². The molecule has 0 aromatic rings. The first-order chi connectivity index (χ1) is 6.95. The Balaban J connectivity index is 3.36. The van der Waals surface area contributed by atoms with Crippen LogP contribution in [0.1, 0.15) is 39.5 Å². The summed E-state index contributed by atoms with van der Waals surface area (Å²) in [5.41, 5.74) is 0. The minimum atomic E-state index is -3.35. The molecule has 1 unspecified atom stereocenters. The quantitative estimate of drug-likeness (QED) is 0.618. The molecule has 1 atom stereocenters. The van der Waals surface area contributed by atoms with Crippen molar-refractivity contribution in [1.82, 2.24) is 0 Å². The summed E-state index contributed by atoms with van der Waals surface area (Å²) in [4.78, 5) is 0. The van der Waals surface area contributed by atoms with E-state index in [1.54, 1.807) is 0 Å². The highest BCUT2D eigenvalue weighted by molar-refractivity contribution is 7.89. The third-order valence-electron chi connectivity index (χ3n) is 2.06. The van der Waals surface area contributed by atoms with E-state index in [0.29, 0.717) is 6.61 Å². The smallest absolute Gasteiger partial charge is 0.209 e. The van der Waals surface area contributed by atoms with Gasteiger partial charge in [0.25, 0.3) is 0 Å². The molecule has 0 radical (unpaired) electrons. The number of rotatable bonds is 9. The van der Waals surface area contributed by atoms with Crippen molar-refractivity contribution in [3.8, 4) is 0 Å². The van der Waals surface area contributed by atoms with Gasteiger partial charge < -0.3 is 4.74 Å². The van der Waals surface area contributed by atoms with Crippen molar-refractivity contribution < 1.29 is 13.2 Å². The van der Waals surface area contributed by atoms with Crippen LogP contribution >= 0.6 is 0 Å². The van der Waals surface area contributed by atoms with Gasteiger partial charge in [-0.3, -0.25) is 0 Å². The Labute approximate surface area is 93.2 Å². The largest absolute Gasteiger partial charge is 0.381 e. The van der Waals surface area contributed by atoms with E-state index in [2.05, 4.69) is 6.92 Å². The summed E-state index contributed by atoms with van der Waals surface area (Å²) in [5.74, 6) is -0.0201. The van der Waals surface area contributed by atoms with E-state index < -0.39 is 10.0 Å². The highest BCUT2D eigenvalue weighted by atomic mass is 32.2. The van der Waals surface area contributed by atoms with Gasteiger partial charge >= 0.3 is 0 Å². The lowest BCUT2D eigenvalue weighted by atomic mass is 10.2. The van der Waals surface area contributed by atoms with Gasteiger partial charge in [-0.1, -0.05) is 33.1 Å². The molecule has 92 valence electrons. The van der Waals surface area contributed by atoms with Gasteiger partial charge in [-0.2, -0.15) is 0 Å². The molecule has 5 heteroatoms. The first-order valence-electron chi connectivity index (χ1n) is 5.54. The predicted molar refractivity (Wildman–Crippen MR) is 62.1 cm³/mol. The van der Waals surface area contributed by atoms with Gasteiger partial charge in [0.15, 0.2) is 0 Å². The number of hydrogen-bond donors (Lipinski definition) is 1. The molecule has 0 amide bonds. The van der Waals surface area contributed by atoms with Crippen molar-refractivity contribution in [3.63, 3.8) is 0 Å². The Kier molecular flexibility index (Phi) is 8.00.